The standard InChI is InChI=1S/C35H45F2N3O2.2ClH/c1-5-7-13-40(4)23-27-14-24(3)15-28(16-27)34(42)39-32(20-26-18-30(36)21-31(37)19-26)33(41)22-38-35(11-12-35)29-10-8-9-25(6-2)17-29;;/h8-10,14-19,21,32-33,38,41H,5-7,11-13,20,22-23H2,1-4H3,(H,39,42);2*1H/t32-,33-;;/m0../s1. The molecule has 5 nitrogen and oxygen atoms in total. The summed E-state index contributed by atoms with van der Waals surface area (Å²) in [6.45, 7) is 8.17. The van der Waals surface area contributed by atoms with E-state index in [-0.39, 0.29) is 49.2 Å². The molecule has 3 aromatic carbocycles. The maximum Gasteiger partial charge on any atom is 0.251 e. The average molecular weight is 651 g/mol. The minimum Gasteiger partial charge on any atom is -0.390 e. The largest absolute Gasteiger partial charge is 0.390 e. The zero-order valence-corrected chi connectivity index (χ0v) is 27.8. The molecule has 1 aliphatic carbocycles. The van der Waals surface area contributed by atoms with E-state index >= 15 is 0 Å². The van der Waals surface area contributed by atoms with Crippen LogP contribution < -0.4 is 10.6 Å². The number of halogens is 4. The van der Waals surface area contributed by atoms with Crippen LogP contribution in [0.2, 0.25) is 0 Å². The number of hydrogen-bond donors (Lipinski definition) is 3. The molecular formula is C35H47Cl2F2N3O2. The molecule has 1 amide bonds. The molecule has 1 aliphatic rings. The van der Waals surface area contributed by atoms with Gasteiger partial charge in [0, 0.05) is 30.3 Å². The number of aryl methyl sites for hydroxylation is 2. The fourth-order valence-corrected chi connectivity index (χ4v) is 5.64. The molecule has 0 radical (unpaired) electrons. The van der Waals surface area contributed by atoms with E-state index in [0.29, 0.717) is 11.1 Å². The molecule has 0 unspecified atom stereocenters. The molecule has 3 aromatic rings. The number of aliphatic hydroxyl groups excluding tert-OH is 1. The first-order valence-electron chi connectivity index (χ1n) is 15.2. The molecule has 0 aromatic heterocycles. The van der Waals surface area contributed by atoms with Gasteiger partial charge in [-0.05, 0) is 99.1 Å². The highest BCUT2D eigenvalue weighted by Crippen LogP contribution is 2.45. The summed E-state index contributed by atoms with van der Waals surface area (Å²) in [7, 11) is 2.07. The van der Waals surface area contributed by atoms with Crippen molar-refractivity contribution in [2.24, 2.45) is 0 Å². The number of nitrogens with zero attached hydrogens (tertiary/aromatic N) is 1. The topological polar surface area (TPSA) is 64.6 Å². The third-order valence-corrected chi connectivity index (χ3v) is 8.19. The van der Waals surface area contributed by atoms with Gasteiger partial charge in [-0.15, -0.1) is 24.8 Å². The van der Waals surface area contributed by atoms with Gasteiger partial charge in [-0.3, -0.25) is 4.79 Å². The summed E-state index contributed by atoms with van der Waals surface area (Å²) < 4.78 is 28.1. The van der Waals surface area contributed by atoms with Crippen LogP contribution in [0, 0.1) is 18.6 Å². The first-order chi connectivity index (χ1) is 20.1. The molecule has 242 valence electrons. The van der Waals surface area contributed by atoms with Crippen LogP contribution in [0.5, 0.6) is 0 Å². The van der Waals surface area contributed by atoms with Gasteiger partial charge in [-0.2, -0.15) is 0 Å². The quantitative estimate of drug-likeness (QED) is 0.168. The Balaban J connectivity index is 0.00000337. The maximum absolute atomic E-state index is 14.0. The molecule has 44 heavy (non-hydrogen) atoms. The molecule has 0 aliphatic heterocycles. The Kier molecular flexibility index (Phi) is 14.7. The summed E-state index contributed by atoms with van der Waals surface area (Å²) in [5, 5.41) is 17.9. The number of hydrogen-bond acceptors (Lipinski definition) is 4. The average Bonchev–Trinajstić information content (AvgIpc) is 3.75. The fourth-order valence-electron chi connectivity index (χ4n) is 5.64. The van der Waals surface area contributed by atoms with Crippen LogP contribution in [0.25, 0.3) is 0 Å². The molecule has 3 N–H and O–H groups in total. The molecule has 0 spiro atoms. The minimum atomic E-state index is -0.989. The molecule has 9 heteroatoms. The van der Waals surface area contributed by atoms with Crippen molar-refractivity contribution in [1.82, 2.24) is 15.5 Å². The van der Waals surface area contributed by atoms with Crippen molar-refractivity contribution in [2.45, 2.75) is 83.5 Å². The van der Waals surface area contributed by atoms with Crippen LogP contribution in [0.4, 0.5) is 8.78 Å². The summed E-state index contributed by atoms with van der Waals surface area (Å²) in [6, 6.07) is 16.8. The van der Waals surface area contributed by atoms with Gasteiger partial charge in [0.05, 0.1) is 12.1 Å². The zero-order valence-electron chi connectivity index (χ0n) is 26.2. The van der Waals surface area contributed by atoms with Gasteiger partial charge in [0.2, 0.25) is 0 Å². The highest BCUT2D eigenvalue weighted by molar-refractivity contribution is 5.94. The van der Waals surface area contributed by atoms with Crippen LogP contribution in [0.1, 0.15) is 77.7 Å². The molecule has 1 saturated carbocycles. The first-order valence-corrected chi connectivity index (χ1v) is 15.2. The van der Waals surface area contributed by atoms with Crippen molar-refractivity contribution in [3.05, 3.63) is 106 Å². The molecule has 1 fully saturated rings. The van der Waals surface area contributed by atoms with Crippen molar-refractivity contribution in [2.75, 3.05) is 20.1 Å². The van der Waals surface area contributed by atoms with E-state index in [4.69, 9.17) is 0 Å². The lowest BCUT2D eigenvalue weighted by Gasteiger charge is -2.28. The lowest BCUT2D eigenvalue weighted by Crippen LogP contribution is -2.50. The summed E-state index contributed by atoms with van der Waals surface area (Å²) >= 11 is 0. The van der Waals surface area contributed by atoms with E-state index in [1.165, 1.54) is 23.3 Å². The highest BCUT2D eigenvalue weighted by atomic mass is 35.5. The van der Waals surface area contributed by atoms with E-state index in [1.54, 1.807) is 0 Å². The SMILES string of the molecule is CCCCN(C)Cc1cc(C)cc(C(=O)N[C@@H](Cc2cc(F)cc(F)c2)[C@@H](O)CNC2(c3cccc(CC)c3)CC2)c1.Cl.Cl. The second kappa shape index (κ2) is 17.2. The molecule has 4 rings (SSSR count). The fraction of sp³-hybridized carbons (Fsp3) is 0.457. The maximum atomic E-state index is 14.0. The third-order valence-electron chi connectivity index (χ3n) is 8.19. The van der Waals surface area contributed by atoms with Crippen molar-refractivity contribution in [3.63, 3.8) is 0 Å². The van der Waals surface area contributed by atoms with Crippen LogP contribution >= 0.6 is 24.8 Å². The van der Waals surface area contributed by atoms with Gasteiger partial charge in [0.1, 0.15) is 11.6 Å². The van der Waals surface area contributed by atoms with Crippen molar-refractivity contribution in [1.29, 1.82) is 0 Å². The predicted octanol–water partition coefficient (Wildman–Crippen LogP) is 6.89. The summed E-state index contributed by atoms with van der Waals surface area (Å²) in [4.78, 5) is 15.8. The Morgan fingerprint density at radius 1 is 0.977 bits per heavy atom. The Labute approximate surface area is 273 Å². The molecule has 0 saturated heterocycles. The molecule has 2 atom stereocenters. The Hall–Kier alpha value is -2.55. The number of carbonyl (C=O) groups excluding carboxylic acids is 1. The van der Waals surface area contributed by atoms with Crippen LogP contribution in [0.15, 0.2) is 60.7 Å². The highest BCUT2D eigenvalue weighted by Gasteiger charge is 2.44. The Morgan fingerprint density at radius 3 is 2.32 bits per heavy atom. The zero-order chi connectivity index (χ0) is 30.3. The van der Waals surface area contributed by atoms with E-state index < -0.39 is 23.8 Å². The lowest BCUT2D eigenvalue weighted by atomic mass is 9.97. The van der Waals surface area contributed by atoms with Crippen molar-refractivity contribution >= 4 is 30.7 Å². The number of benzene rings is 3. The van der Waals surface area contributed by atoms with Crippen molar-refractivity contribution < 1.29 is 18.7 Å². The van der Waals surface area contributed by atoms with Crippen molar-refractivity contribution in [3.8, 4) is 0 Å². The second-order valence-electron chi connectivity index (χ2n) is 11.9. The normalized spacial score (nSPS) is 14.7. The monoisotopic (exact) mass is 649 g/mol. The number of unbranched alkanes of at least 4 members (excludes halogenated alkanes) is 1. The van der Waals surface area contributed by atoms with Gasteiger partial charge in [0.25, 0.3) is 5.91 Å². The summed E-state index contributed by atoms with van der Waals surface area (Å²) in [5.74, 6) is -1.70. The van der Waals surface area contributed by atoms with Gasteiger partial charge in [-0.25, -0.2) is 8.78 Å². The first kappa shape index (κ1) is 37.6. The van der Waals surface area contributed by atoms with Crippen LogP contribution in [0.3, 0.4) is 0 Å². The minimum absolute atomic E-state index is 0. The number of amides is 1. The predicted molar refractivity (Wildman–Crippen MR) is 179 cm³/mol. The molecule has 0 heterocycles. The van der Waals surface area contributed by atoms with Crippen LogP contribution in [-0.4, -0.2) is 48.2 Å². The van der Waals surface area contributed by atoms with E-state index in [2.05, 4.69) is 66.8 Å². The number of aliphatic hydroxyl groups is 1. The molecular weight excluding hydrogens is 603 g/mol. The summed E-state index contributed by atoms with van der Waals surface area (Å²) in [6.07, 6.45) is 4.17. The second-order valence-corrected chi connectivity index (χ2v) is 11.9. The molecule has 0 bridgehead atoms. The van der Waals surface area contributed by atoms with Gasteiger partial charge in [-0.1, -0.05) is 56.2 Å². The number of carbonyl (C=O) groups is 1. The van der Waals surface area contributed by atoms with E-state index in [0.717, 1.165) is 62.4 Å². The third kappa shape index (κ3) is 10.5. The van der Waals surface area contributed by atoms with Crippen LogP contribution in [-0.2, 0) is 24.9 Å². The van der Waals surface area contributed by atoms with Gasteiger partial charge in [0.15, 0.2) is 0 Å². The smallest absolute Gasteiger partial charge is 0.251 e. The van der Waals surface area contributed by atoms with E-state index in [9.17, 15) is 18.7 Å². The summed E-state index contributed by atoms with van der Waals surface area (Å²) in [5.41, 5.74) is 5.12. The van der Waals surface area contributed by atoms with Gasteiger partial charge < -0.3 is 20.6 Å². The van der Waals surface area contributed by atoms with E-state index in [1.807, 2.05) is 19.1 Å². The lowest BCUT2D eigenvalue weighted by molar-refractivity contribution is 0.0821. The number of rotatable bonds is 15. The Bertz CT molecular complexity index is 1350. The number of nitrogens with one attached hydrogen (secondary N) is 2. The Morgan fingerprint density at radius 2 is 1.68 bits per heavy atom. The van der Waals surface area contributed by atoms with Gasteiger partial charge >= 0.3 is 0 Å².